The third kappa shape index (κ3) is 3.39. The first-order valence-electron chi connectivity index (χ1n) is 7.03. The van der Waals surface area contributed by atoms with E-state index >= 15 is 0 Å². The van der Waals surface area contributed by atoms with Crippen molar-refractivity contribution in [3.8, 4) is 0 Å². The molecule has 2 aromatic rings. The van der Waals surface area contributed by atoms with E-state index in [4.69, 9.17) is 0 Å². The van der Waals surface area contributed by atoms with E-state index in [9.17, 15) is 13.2 Å². The maximum Gasteiger partial charge on any atom is 0.254 e. The number of benzene rings is 1. The number of amides is 1. The number of sulfone groups is 1. The average molecular weight is 335 g/mol. The number of hydrogen-bond donors (Lipinski definition) is 0. The molecule has 0 radical (unpaired) electrons. The molecule has 0 bridgehead atoms. The summed E-state index contributed by atoms with van der Waals surface area (Å²) in [6.07, 6.45) is 2.11. The van der Waals surface area contributed by atoms with Crippen molar-refractivity contribution in [2.45, 2.75) is 18.7 Å². The Bertz CT molecular complexity index is 791. The second kappa shape index (κ2) is 5.85. The molecule has 0 saturated carbocycles. The van der Waals surface area contributed by atoms with Gasteiger partial charge in [0.2, 0.25) is 0 Å². The lowest BCUT2D eigenvalue weighted by molar-refractivity contribution is 0.0736. The van der Waals surface area contributed by atoms with E-state index in [0.29, 0.717) is 17.7 Å². The average Bonchev–Trinajstić information content (AvgIpc) is 2.93. The maximum absolute atomic E-state index is 12.5. The van der Waals surface area contributed by atoms with E-state index in [0.717, 1.165) is 13.0 Å². The third-order valence-corrected chi connectivity index (χ3v) is 5.61. The van der Waals surface area contributed by atoms with Crippen molar-refractivity contribution >= 4 is 27.1 Å². The van der Waals surface area contributed by atoms with Crippen LogP contribution in [0.25, 0.3) is 0 Å². The largest absolute Gasteiger partial charge is 0.334 e. The Morgan fingerprint density at radius 3 is 2.64 bits per heavy atom. The molecule has 6 heteroatoms. The van der Waals surface area contributed by atoms with Crippen LogP contribution in [0, 0.1) is 0 Å². The molecule has 1 aliphatic heterocycles. The summed E-state index contributed by atoms with van der Waals surface area (Å²) in [7, 11) is -3.05. The van der Waals surface area contributed by atoms with E-state index < -0.39 is 9.84 Å². The van der Waals surface area contributed by atoms with Gasteiger partial charge in [0.25, 0.3) is 5.91 Å². The molecular weight excluding hydrogens is 318 g/mol. The molecule has 0 unspecified atom stereocenters. The van der Waals surface area contributed by atoms with Crippen LogP contribution in [0.15, 0.2) is 35.7 Å². The predicted octanol–water partition coefficient (Wildman–Crippen LogP) is 2.49. The smallest absolute Gasteiger partial charge is 0.254 e. The summed E-state index contributed by atoms with van der Waals surface area (Å²) >= 11 is 1.75. The summed E-state index contributed by atoms with van der Waals surface area (Å²) in [6.45, 7) is 1.39. The molecule has 0 aliphatic carbocycles. The highest BCUT2D eigenvalue weighted by molar-refractivity contribution is 7.89. The zero-order valence-corrected chi connectivity index (χ0v) is 13.9. The Morgan fingerprint density at radius 2 is 1.95 bits per heavy atom. The van der Waals surface area contributed by atoms with Crippen LogP contribution >= 0.6 is 11.3 Å². The van der Waals surface area contributed by atoms with Crippen molar-refractivity contribution in [2.75, 3.05) is 12.8 Å². The van der Waals surface area contributed by atoms with E-state index in [1.807, 2.05) is 4.90 Å². The first kappa shape index (κ1) is 15.2. The fourth-order valence-electron chi connectivity index (χ4n) is 2.65. The van der Waals surface area contributed by atoms with Crippen molar-refractivity contribution in [3.63, 3.8) is 0 Å². The summed E-state index contributed by atoms with van der Waals surface area (Å²) in [4.78, 5) is 15.8. The van der Waals surface area contributed by atoms with Gasteiger partial charge in [-0.25, -0.2) is 8.42 Å². The van der Waals surface area contributed by atoms with Crippen molar-refractivity contribution in [3.05, 3.63) is 57.3 Å². The van der Waals surface area contributed by atoms with Gasteiger partial charge < -0.3 is 4.90 Å². The number of fused-ring (bicyclic) bond motifs is 1. The van der Waals surface area contributed by atoms with Crippen molar-refractivity contribution < 1.29 is 13.2 Å². The minimum atomic E-state index is -3.05. The molecule has 22 heavy (non-hydrogen) atoms. The van der Waals surface area contributed by atoms with Crippen LogP contribution in [0.4, 0.5) is 0 Å². The van der Waals surface area contributed by atoms with Crippen LogP contribution in [0.3, 0.4) is 0 Å². The first-order chi connectivity index (χ1) is 10.4. The Hall–Kier alpha value is -1.66. The Labute approximate surface area is 134 Å². The summed E-state index contributed by atoms with van der Waals surface area (Å²) in [5.74, 6) is 0.00597. The molecular formula is C16H17NO3S2. The van der Waals surface area contributed by atoms with Gasteiger partial charge in [-0.1, -0.05) is 12.1 Å². The summed E-state index contributed by atoms with van der Waals surface area (Å²) in [6, 6.07) is 8.94. The van der Waals surface area contributed by atoms with E-state index in [2.05, 4.69) is 11.4 Å². The minimum Gasteiger partial charge on any atom is -0.334 e. The van der Waals surface area contributed by atoms with Gasteiger partial charge in [-0.15, -0.1) is 11.3 Å². The van der Waals surface area contributed by atoms with Crippen LogP contribution in [-0.2, 0) is 28.6 Å². The molecule has 1 aromatic heterocycles. The highest BCUT2D eigenvalue weighted by Gasteiger charge is 2.22. The van der Waals surface area contributed by atoms with E-state index in [-0.39, 0.29) is 11.7 Å². The van der Waals surface area contributed by atoms with E-state index in [1.165, 1.54) is 16.7 Å². The van der Waals surface area contributed by atoms with Crippen LogP contribution in [0.5, 0.6) is 0 Å². The minimum absolute atomic E-state index is 0.00255. The summed E-state index contributed by atoms with van der Waals surface area (Å²) in [5.41, 5.74) is 2.55. The van der Waals surface area contributed by atoms with Crippen LogP contribution < -0.4 is 0 Å². The quantitative estimate of drug-likeness (QED) is 0.866. The van der Waals surface area contributed by atoms with Gasteiger partial charge in [-0.2, -0.15) is 0 Å². The number of nitrogens with zero attached hydrogens (tertiary/aromatic N) is 1. The molecule has 116 valence electrons. The molecule has 0 fully saturated rings. The molecule has 0 spiro atoms. The molecule has 2 heterocycles. The molecule has 0 saturated heterocycles. The monoisotopic (exact) mass is 335 g/mol. The number of hydrogen-bond acceptors (Lipinski definition) is 4. The van der Waals surface area contributed by atoms with Crippen molar-refractivity contribution in [2.24, 2.45) is 0 Å². The molecule has 4 nitrogen and oxygen atoms in total. The van der Waals surface area contributed by atoms with Gasteiger partial charge in [-0.05, 0) is 41.1 Å². The highest BCUT2D eigenvalue weighted by atomic mass is 32.2. The van der Waals surface area contributed by atoms with Gasteiger partial charge >= 0.3 is 0 Å². The Kier molecular flexibility index (Phi) is 4.06. The SMILES string of the molecule is CS(=O)(=O)Cc1ccc(C(=O)N2CCc3sccc3C2)cc1. The van der Waals surface area contributed by atoms with Crippen molar-refractivity contribution in [1.29, 1.82) is 0 Å². The number of carbonyl (C=O) groups is 1. The standard InChI is InChI=1S/C16H17NO3S2/c1-22(19,20)11-12-2-4-13(5-3-12)16(18)17-8-6-15-14(10-17)7-9-21-15/h2-5,7,9H,6,8,10-11H2,1H3. The molecule has 0 N–H and O–H groups in total. The topological polar surface area (TPSA) is 54.5 Å². The molecule has 0 atom stereocenters. The summed E-state index contributed by atoms with van der Waals surface area (Å²) < 4.78 is 22.6. The predicted molar refractivity (Wildman–Crippen MR) is 87.8 cm³/mol. The normalized spacial score (nSPS) is 14.7. The zero-order valence-electron chi connectivity index (χ0n) is 12.3. The molecule has 1 amide bonds. The molecule has 3 rings (SSSR count). The molecule has 1 aromatic carbocycles. The van der Waals surface area contributed by atoms with Gasteiger partial charge in [-0.3, -0.25) is 4.79 Å². The van der Waals surface area contributed by atoms with E-state index in [1.54, 1.807) is 35.6 Å². The number of carbonyl (C=O) groups excluding carboxylic acids is 1. The zero-order chi connectivity index (χ0) is 15.7. The Balaban J connectivity index is 1.73. The maximum atomic E-state index is 12.5. The highest BCUT2D eigenvalue weighted by Crippen LogP contribution is 2.25. The second-order valence-corrected chi connectivity index (χ2v) is 8.75. The fraction of sp³-hybridized carbons (Fsp3) is 0.312. The van der Waals surface area contributed by atoms with Gasteiger partial charge in [0.05, 0.1) is 5.75 Å². The van der Waals surface area contributed by atoms with Crippen LogP contribution in [-0.4, -0.2) is 32.0 Å². The summed E-state index contributed by atoms with van der Waals surface area (Å²) in [5, 5.41) is 2.07. The van der Waals surface area contributed by atoms with Crippen molar-refractivity contribution in [1.82, 2.24) is 4.90 Å². The van der Waals surface area contributed by atoms with Gasteiger partial charge in [0.1, 0.15) is 0 Å². The lowest BCUT2D eigenvalue weighted by Crippen LogP contribution is -2.35. The number of thiophene rings is 1. The fourth-order valence-corrected chi connectivity index (χ4v) is 4.34. The first-order valence-corrected chi connectivity index (χ1v) is 9.97. The Morgan fingerprint density at radius 1 is 1.23 bits per heavy atom. The van der Waals surface area contributed by atoms with Gasteiger partial charge in [0.15, 0.2) is 9.84 Å². The van der Waals surface area contributed by atoms with Crippen LogP contribution in [0.1, 0.15) is 26.4 Å². The third-order valence-electron chi connectivity index (χ3n) is 3.72. The lowest BCUT2D eigenvalue weighted by Gasteiger charge is -2.27. The number of rotatable bonds is 3. The second-order valence-electron chi connectivity index (χ2n) is 5.61. The van der Waals surface area contributed by atoms with Crippen LogP contribution in [0.2, 0.25) is 0 Å². The van der Waals surface area contributed by atoms with Gasteiger partial charge in [0, 0.05) is 29.8 Å². The molecule has 1 aliphatic rings. The lowest BCUT2D eigenvalue weighted by atomic mass is 10.1.